The number of hydrogen-bond acceptors (Lipinski definition) is 8. The third kappa shape index (κ3) is 6.55. The van der Waals surface area contributed by atoms with E-state index in [1.54, 1.807) is 6.92 Å². The van der Waals surface area contributed by atoms with Gasteiger partial charge in [-0.15, -0.1) is 4.91 Å². The lowest BCUT2D eigenvalue weighted by atomic mass is 10.2. The van der Waals surface area contributed by atoms with Gasteiger partial charge in [0.15, 0.2) is 5.71 Å². The number of nitroso groups, excluding NO2 is 1. The van der Waals surface area contributed by atoms with Crippen LogP contribution in [-0.2, 0) is 24.9 Å². The molecule has 2 aromatic carbocycles. The SMILES string of the molecule is CCOC(=O)C(C)=NOP(=O)(CC)c1cc(Oc2ccc(C(F)(F)F)cc2Cl)ccc1N=O. The summed E-state index contributed by atoms with van der Waals surface area (Å²) in [7, 11) is -3.84. The lowest BCUT2D eigenvalue weighted by Gasteiger charge is -2.17. The molecule has 33 heavy (non-hydrogen) atoms. The van der Waals surface area contributed by atoms with Crippen LogP contribution in [-0.4, -0.2) is 24.4 Å². The highest BCUT2D eigenvalue weighted by molar-refractivity contribution is 7.67. The maximum atomic E-state index is 13.4. The molecular formula is C20H19ClF3N2O6P. The van der Waals surface area contributed by atoms with Crippen molar-refractivity contribution in [2.75, 3.05) is 12.8 Å². The Labute approximate surface area is 192 Å². The van der Waals surface area contributed by atoms with Gasteiger partial charge in [0.1, 0.15) is 17.2 Å². The fourth-order valence-electron chi connectivity index (χ4n) is 2.48. The van der Waals surface area contributed by atoms with E-state index in [1.807, 2.05) is 0 Å². The number of carbonyl (C=O) groups excluding carboxylic acids is 1. The van der Waals surface area contributed by atoms with E-state index in [1.165, 1.54) is 32.0 Å². The summed E-state index contributed by atoms with van der Waals surface area (Å²) < 4.78 is 67.3. The third-order valence-corrected chi connectivity index (χ3v) is 6.76. The molecule has 178 valence electrons. The molecule has 0 saturated carbocycles. The molecule has 0 radical (unpaired) electrons. The second-order valence-electron chi connectivity index (χ2n) is 6.46. The number of carbonyl (C=O) groups is 1. The zero-order valence-electron chi connectivity index (χ0n) is 17.7. The summed E-state index contributed by atoms with van der Waals surface area (Å²) in [4.78, 5) is 23.0. The van der Waals surface area contributed by atoms with Crippen molar-refractivity contribution in [3.63, 3.8) is 0 Å². The molecule has 0 aliphatic heterocycles. The normalized spacial score (nSPS) is 13.7. The number of oxime groups is 1. The molecule has 0 aromatic heterocycles. The Balaban J connectivity index is 2.40. The number of rotatable bonds is 9. The first-order valence-electron chi connectivity index (χ1n) is 9.47. The number of esters is 1. The van der Waals surface area contributed by atoms with E-state index >= 15 is 0 Å². The number of ether oxygens (including phenoxy) is 2. The highest BCUT2D eigenvalue weighted by Gasteiger charge is 2.32. The van der Waals surface area contributed by atoms with Crippen LogP contribution in [0.3, 0.4) is 0 Å². The van der Waals surface area contributed by atoms with Gasteiger partial charge in [-0.2, -0.15) is 13.2 Å². The summed E-state index contributed by atoms with van der Waals surface area (Å²) in [5.74, 6) is -0.879. The maximum absolute atomic E-state index is 13.4. The average Bonchev–Trinajstić information content (AvgIpc) is 2.78. The van der Waals surface area contributed by atoms with E-state index in [0.717, 1.165) is 12.1 Å². The number of hydrogen-bond donors (Lipinski definition) is 0. The first-order valence-corrected chi connectivity index (χ1v) is 11.7. The minimum Gasteiger partial charge on any atom is -0.461 e. The molecule has 0 aliphatic carbocycles. The van der Waals surface area contributed by atoms with Crippen LogP contribution < -0.4 is 10.0 Å². The maximum Gasteiger partial charge on any atom is 0.416 e. The highest BCUT2D eigenvalue weighted by Crippen LogP contribution is 2.49. The predicted molar refractivity (Wildman–Crippen MR) is 117 cm³/mol. The Morgan fingerprint density at radius 2 is 1.85 bits per heavy atom. The topological polar surface area (TPSA) is 104 Å². The van der Waals surface area contributed by atoms with Gasteiger partial charge < -0.3 is 14.1 Å². The highest BCUT2D eigenvalue weighted by atomic mass is 35.5. The minimum absolute atomic E-state index is 0.00225. The van der Waals surface area contributed by atoms with Crippen molar-refractivity contribution in [1.29, 1.82) is 0 Å². The fourth-order valence-corrected chi connectivity index (χ4v) is 4.28. The minimum atomic E-state index is -4.58. The molecule has 0 heterocycles. The third-order valence-electron chi connectivity index (χ3n) is 4.20. The Morgan fingerprint density at radius 3 is 2.39 bits per heavy atom. The molecular weight excluding hydrogens is 488 g/mol. The lowest BCUT2D eigenvalue weighted by molar-refractivity contribution is -0.137. The fraction of sp³-hybridized carbons (Fsp3) is 0.300. The predicted octanol–water partition coefficient (Wildman–Crippen LogP) is 6.43. The number of nitrogens with zero attached hydrogens (tertiary/aromatic N) is 2. The summed E-state index contributed by atoms with van der Waals surface area (Å²) >= 11 is 5.91. The van der Waals surface area contributed by atoms with Crippen LogP contribution in [0.5, 0.6) is 11.5 Å². The molecule has 2 rings (SSSR count). The molecule has 1 unspecified atom stereocenters. The molecule has 0 spiro atoms. The van der Waals surface area contributed by atoms with Crippen molar-refractivity contribution in [2.24, 2.45) is 10.3 Å². The second kappa shape index (κ2) is 10.8. The summed E-state index contributed by atoms with van der Waals surface area (Å²) in [6.45, 7) is 4.50. The summed E-state index contributed by atoms with van der Waals surface area (Å²) in [6.07, 6.45) is -4.71. The van der Waals surface area contributed by atoms with Gasteiger partial charge in [0, 0.05) is 6.16 Å². The number of benzene rings is 2. The summed E-state index contributed by atoms with van der Waals surface area (Å²) in [6, 6.07) is 6.19. The molecule has 0 N–H and O–H groups in total. The van der Waals surface area contributed by atoms with Gasteiger partial charge in [-0.1, -0.05) is 23.7 Å². The van der Waals surface area contributed by atoms with E-state index in [9.17, 15) is 27.4 Å². The van der Waals surface area contributed by atoms with Crippen LogP contribution in [0.2, 0.25) is 5.02 Å². The molecule has 0 fully saturated rings. The van der Waals surface area contributed by atoms with Crippen LogP contribution in [0.4, 0.5) is 18.9 Å². The average molecular weight is 507 g/mol. The molecule has 8 nitrogen and oxygen atoms in total. The van der Waals surface area contributed by atoms with Crippen molar-refractivity contribution in [3.05, 3.63) is 51.9 Å². The Kier molecular flexibility index (Phi) is 8.63. The second-order valence-corrected chi connectivity index (χ2v) is 9.49. The van der Waals surface area contributed by atoms with Gasteiger partial charge in [-0.05, 0) is 55.4 Å². The van der Waals surface area contributed by atoms with Gasteiger partial charge in [0.05, 0.1) is 22.5 Å². The van der Waals surface area contributed by atoms with Crippen LogP contribution in [0, 0.1) is 4.91 Å². The first-order chi connectivity index (χ1) is 15.4. The smallest absolute Gasteiger partial charge is 0.416 e. The monoisotopic (exact) mass is 506 g/mol. The zero-order chi connectivity index (χ0) is 24.8. The molecule has 2 aromatic rings. The van der Waals surface area contributed by atoms with E-state index < -0.39 is 25.1 Å². The Morgan fingerprint density at radius 1 is 1.15 bits per heavy atom. The zero-order valence-corrected chi connectivity index (χ0v) is 19.3. The molecule has 0 amide bonds. The van der Waals surface area contributed by atoms with Crippen LogP contribution in [0.1, 0.15) is 26.3 Å². The van der Waals surface area contributed by atoms with E-state index in [2.05, 4.69) is 10.3 Å². The molecule has 0 bridgehead atoms. The standard InChI is InChI=1S/C20H19ClF3N2O6P/c1-4-30-19(27)12(3)26-32-33(29,5-2)18-11-14(7-8-16(18)25-28)31-17-9-6-13(10-15(17)21)20(22,23)24/h6-11H,4-5H2,1-3H3. The first kappa shape index (κ1) is 26.3. The summed E-state index contributed by atoms with van der Waals surface area (Å²) in [5, 5.41) is 5.93. The number of alkyl halides is 3. The lowest BCUT2D eigenvalue weighted by Crippen LogP contribution is -2.15. The van der Waals surface area contributed by atoms with Gasteiger partial charge in [0.2, 0.25) is 0 Å². The Hall–Kier alpha value is -2.91. The largest absolute Gasteiger partial charge is 0.461 e. The Bertz CT molecular complexity index is 1120. The quantitative estimate of drug-likeness (QED) is 0.128. The van der Waals surface area contributed by atoms with Crippen molar-refractivity contribution < 1.29 is 36.6 Å². The van der Waals surface area contributed by atoms with Gasteiger partial charge >= 0.3 is 19.5 Å². The van der Waals surface area contributed by atoms with Gasteiger partial charge in [-0.3, -0.25) is 4.57 Å². The van der Waals surface area contributed by atoms with E-state index in [4.69, 9.17) is 25.7 Å². The van der Waals surface area contributed by atoms with Crippen LogP contribution in [0.25, 0.3) is 0 Å². The van der Waals surface area contributed by atoms with Gasteiger partial charge in [0.25, 0.3) is 0 Å². The molecule has 0 aliphatic rings. The molecule has 0 saturated heterocycles. The summed E-state index contributed by atoms with van der Waals surface area (Å²) in [5.41, 5.74) is -1.38. The van der Waals surface area contributed by atoms with Crippen molar-refractivity contribution in [1.82, 2.24) is 0 Å². The van der Waals surface area contributed by atoms with E-state index in [0.29, 0.717) is 6.07 Å². The molecule has 13 heteroatoms. The van der Waals surface area contributed by atoms with Crippen LogP contribution in [0.15, 0.2) is 46.7 Å². The molecule has 1 atom stereocenters. The van der Waals surface area contributed by atoms with E-state index in [-0.39, 0.29) is 46.0 Å². The van der Waals surface area contributed by atoms with Crippen LogP contribution >= 0.6 is 19.0 Å². The van der Waals surface area contributed by atoms with Crippen molar-refractivity contribution in [2.45, 2.75) is 26.9 Å². The van der Waals surface area contributed by atoms with Gasteiger partial charge in [-0.25, -0.2) is 4.79 Å². The number of halogens is 4. The van der Waals surface area contributed by atoms with Crippen molar-refractivity contribution in [3.8, 4) is 11.5 Å². The van der Waals surface area contributed by atoms with Crippen molar-refractivity contribution >= 4 is 41.6 Å².